The molecule has 3 aromatic rings. The van der Waals surface area contributed by atoms with Crippen LogP contribution in [0.4, 0.5) is 5.95 Å². The summed E-state index contributed by atoms with van der Waals surface area (Å²) in [4.78, 5) is 26.6. The fourth-order valence-electron chi connectivity index (χ4n) is 4.34. The van der Waals surface area contributed by atoms with E-state index in [1.165, 1.54) is 0 Å². The molecule has 1 amide bonds. The minimum absolute atomic E-state index is 0.0372. The largest absolute Gasteiger partial charge is 0.467 e. The Hall–Kier alpha value is -3.23. The molecular weight excluding hydrogens is 440 g/mol. The van der Waals surface area contributed by atoms with E-state index in [2.05, 4.69) is 19.8 Å². The van der Waals surface area contributed by atoms with Crippen molar-refractivity contribution in [1.82, 2.24) is 19.9 Å². The molecule has 0 bridgehead atoms. The molecule has 0 saturated carbocycles. The Balaban J connectivity index is 1.32. The zero-order valence-corrected chi connectivity index (χ0v) is 19.1. The quantitative estimate of drug-likeness (QED) is 0.574. The zero-order chi connectivity index (χ0) is 22.8. The predicted molar refractivity (Wildman–Crippen MR) is 126 cm³/mol. The maximum absolute atomic E-state index is 13.6. The molecule has 0 radical (unpaired) electrons. The van der Waals surface area contributed by atoms with Crippen LogP contribution in [0.2, 0.25) is 5.02 Å². The lowest BCUT2D eigenvalue weighted by molar-refractivity contribution is -0.138. The number of furan rings is 1. The fraction of sp³-hybridized carbons (Fsp3) is 0.333. The number of halogens is 1. The molecular formula is C24H25ClN6O2. The summed E-state index contributed by atoms with van der Waals surface area (Å²) in [6, 6.07) is 12.5. The number of hydrazone groups is 1. The average Bonchev–Trinajstić information content (AvgIpc) is 3.55. The van der Waals surface area contributed by atoms with Crippen molar-refractivity contribution in [3.8, 4) is 0 Å². The minimum Gasteiger partial charge on any atom is -0.467 e. The first kappa shape index (κ1) is 21.6. The Morgan fingerprint density at radius 1 is 1.06 bits per heavy atom. The summed E-state index contributed by atoms with van der Waals surface area (Å²) in [7, 11) is 0. The molecule has 2 atom stereocenters. The van der Waals surface area contributed by atoms with Gasteiger partial charge in [-0.1, -0.05) is 23.7 Å². The van der Waals surface area contributed by atoms with E-state index in [0.29, 0.717) is 11.4 Å². The SMILES string of the molecule is C[C@H](C(=O)N1N=C(c2ccc(Cl)cc2)C[C@@H]1c1ccco1)N1CCN(c2ncccn2)CC1. The molecule has 0 spiro atoms. The van der Waals surface area contributed by atoms with Gasteiger partial charge in [-0.05, 0) is 42.8 Å². The third kappa shape index (κ3) is 4.49. The van der Waals surface area contributed by atoms with E-state index in [-0.39, 0.29) is 18.0 Å². The summed E-state index contributed by atoms with van der Waals surface area (Å²) in [5, 5.41) is 7.01. The number of rotatable bonds is 5. The van der Waals surface area contributed by atoms with E-state index < -0.39 is 0 Å². The zero-order valence-electron chi connectivity index (χ0n) is 18.3. The second-order valence-electron chi connectivity index (χ2n) is 8.22. The lowest BCUT2D eigenvalue weighted by Gasteiger charge is -2.38. The first-order valence-electron chi connectivity index (χ1n) is 11.1. The number of aromatic nitrogens is 2. The lowest BCUT2D eigenvalue weighted by atomic mass is 10.0. The van der Waals surface area contributed by atoms with Crippen LogP contribution in [0.25, 0.3) is 0 Å². The monoisotopic (exact) mass is 464 g/mol. The predicted octanol–water partition coefficient (Wildman–Crippen LogP) is 3.61. The highest BCUT2D eigenvalue weighted by atomic mass is 35.5. The highest BCUT2D eigenvalue weighted by Crippen LogP contribution is 2.34. The van der Waals surface area contributed by atoms with Crippen LogP contribution in [0, 0.1) is 0 Å². The second kappa shape index (κ2) is 9.33. The van der Waals surface area contributed by atoms with Crippen LogP contribution < -0.4 is 4.90 Å². The molecule has 1 aromatic carbocycles. The van der Waals surface area contributed by atoms with E-state index in [1.807, 2.05) is 49.4 Å². The molecule has 1 saturated heterocycles. The van der Waals surface area contributed by atoms with Gasteiger partial charge in [-0.3, -0.25) is 9.69 Å². The Morgan fingerprint density at radius 3 is 2.45 bits per heavy atom. The fourth-order valence-corrected chi connectivity index (χ4v) is 4.47. The molecule has 5 rings (SSSR count). The molecule has 0 unspecified atom stereocenters. The molecule has 2 aliphatic rings. The standard InChI is InChI=1S/C24H25ClN6O2/c1-17(29-11-13-30(14-12-29)24-26-9-3-10-27-24)23(32)31-21(22-4-2-15-33-22)16-20(28-31)18-5-7-19(25)8-6-18/h2-10,15,17,21H,11-14,16H2,1H3/t17-,21-/m1/s1. The molecule has 2 aliphatic heterocycles. The number of piperazine rings is 1. The molecule has 33 heavy (non-hydrogen) atoms. The number of carbonyl (C=O) groups excluding carboxylic acids is 1. The van der Waals surface area contributed by atoms with Crippen LogP contribution in [0.15, 0.2) is 70.6 Å². The van der Waals surface area contributed by atoms with Gasteiger partial charge in [0.1, 0.15) is 11.8 Å². The van der Waals surface area contributed by atoms with Gasteiger partial charge in [-0.2, -0.15) is 5.10 Å². The third-order valence-corrected chi connectivity index (χ3v) is 6.49. The van der Waals surface area contributed by atoms with E-state index in [0.717, 1.165) is 49.2 Å². The van der Waals surface area contributed by atoms with Gasteiger partial charge in [0, 0.05) is 50.0 Å². The van der Waals surface area contributed by atoms with Crippen LogP contribution in [-0.4, -0.2) is 63.7 Å². The number of carbonyl (C=O) groups is 1. The normalized spacial score (nSPS) is 20.1. The van der Waals surface area contributed by atoms with Crippen molar-refractivity contribution in [2.75, 3.05) is 31.1 Å². The summed E-state index contributed by atoms with van der Waals surface area (Å²) in [5.74, 6) is 1.42. The summed E-state index contributed by atoms with van der Waals surface area (Å²) >= 11 is 6.05. The molecule has 0 aliphatic carbocycles. The highest BCUT2D eigenvalue weighted by molar-refractivity contribution is 6.30. The van der Waals surface area contributed by atoms with E-state index >= 15 is 0 Å². The number of hydrogen-bond donors (Lipinski definition) is 0. The summed E-state index contributed by atoms with van der Waals surface area (Å²) in [6.45, 7) is 4.98. The molecule has 0 N–H and O–H groups in total. The molecule has 4 heterocycles. The van der Waals surface area contributed by atoms with Gasteiger partial charge in [-0.25, -0.2) is 15.0 Å². The van der Waals surface area contributed by atoms with Crippen LogP contribution >= 0.6 is 11.6 Å². The third-order valence-electron chi connectivity index (χ3n) is 6.24. The van der Waals surface area contributed by atoms with Gasteiger partial charge in [0.2, 0.25) is 5.95 Å². The van der Waals surface area contributed by atoms with Crippen molar-refractivity contribution in [2.45, 2.75) is 25.4 Å². The Bertz CT molecular complexity index is 1110. The average molecular weight is 465 g/mol. The van der Waals surface area contributed by atoms with Crippen molar-refractivity contribution in [3.63, 3.8) is 0 Å². The molecule has 1 fully saturated rings. The highest BCUT2D eigenvalue weighted by Gasteiger charge is 2.38. The van der Waals surface area contributed by atoms with E-state index in [1.54, 1.807) is 23.7 Å². The van der Waals surface area contributed by atoms with Crippen molar-refractivity contribution in [2.24, 2.45) is 5.10 Å². The summed E-state index contributed by atoms with van der Waals surface area (Å²) in [5.41, 5.74) is 1.80. The molecule has 170 valence electrons. The molecule has 8 nitrogen and oxygen atoms in total. The Morgan fingerprint density at radius 2 is 1.79 bits per heavy atom. The smallest absolute Gasteiger partial charge is 0.260 e. The molecule has 2 aromatic heterocycles. The van der Waals surface area contributed by atoms with Crippen molar-refractivity contribution in [3.05, 3.63) is 77.5 Å². The number of hydrogen-bond acceptors (Lipinski definition) is 7. The molecule has 9 heteroatoms. The van der Waals surface area contributed by atoms with Gasteiger partial charge in [0.05, 0.1) is 18.0 Å². The number of benzene rings is 1. The Kier molecular flexibility index (Phi) is 6.11. The van der Waals surface area contributed by atoms with Crippen LogP contribution in [0.1, 0.15) is 30.7 Å². The van der Waals surface area contributed by atoms with Gasteiger partial charge in [0.25, 0.3) is 5.91 Å². The van der Waals surface area contributed by atoms with Gasteiger partial charge in [0.15, 0.2) is 0 Å². The van der Waals surface area contributed by atoms with Crippen LogP contribution in [0.3, 0.4) is 0 Å². The van der Waals surface area contributed by atoms with Crippen LogP contribution in [0.5, 0.6) is 0 Å². The first-order valence-corrected chi connectivity index (χ1v) is 11.4. The maximum Gasteiger partial charge on any atom is 0.260 e. The van der Waals surface area contributed by atoms with Gasteiger partial charge < -0.3 is 9.32 Å². The van der Waals surface area contributed by atoms with Crippen molar-refractivity contribution >= 4 is 29.2 Å². The van der Waals surface area contributed by atoms with E-state index in [9.17, 15) is 4.79 Å². The van der Waals surface area contributed by atoms with Gasteiger partial charge >= 0.3 is 0 Å². The van der Waals surface area contributed by atoms with Crippen molar-refractivity contribution < 1.29 is 9.21 Å². The first-order chi connectivity index (χ1) is 16.1. The lowest BCUT2D eigenvalue weighted by Crippen LogP contribution is -2.54. The van der Waals surface area contributed by atoms with Gasteiger partial charge in [-0.15, -0.1) is 0 Å². The Labute approximate surface area is 197 Å². The van der Waals surface area contributed by atoms with Crippen LogP contribution in [-0.2, 0) is 4.79 Å². The number of anilines is 1. The minimum atomic E-state index is -0.311. The number of nitrogens with zero attached hydrogens (tertiary/aromatic N) is 6. The summed E-state index contributed by atoms with van der Waals surface area (Å²) < 4.78 is 5.67. The topological polar surface area (TPSA) is 78.1 Å². The second-order valence-corrected chi connectivity index (χ2v) is 8.66. The number of amides is 1. The summed E-state index contributed by atoms with van der Waals surface area (Å²) in [6.07, 6.45) is 5.72. The van der Waals surface area contributed by atoms with Crippen molar-refractivity contribution in [1.29, 1.82) is 0 Å². The maximum atomic E-state index is 13.6. The van der Waals surface area contributed by atoms with E-state index in [4.69, 9.17) is 21.1 Å².